The molecule has 1 aliphatic heterocycles. The van der Waals surface area contributed by atoms with Crippen LogP contribution in [0, 0.1) is 5.92 Å². The van der Waals surface area contributed by atoms with Gasteiger partial charge in [-0.2, -0.15) is 0 Å². The van der Waals surface area contributed by atoms with Gasteiger partial charge >= 0.3 is 0 Å². The van der Waals surface area contributed by atoms with Gasteiger partial charge in [-0.05, 0) is 12.1 Å². The summed E-state index contributed by atoms with van der Waals surface area (Å²) in [6.45, 7) is 1.96. The van der Waals surface area contributed by atoms with Crippen molar-refractivity contribution in [1.82, 2.24) is 4.98 Å². The molecule has 5 nitrogen and oxygen atoms in total. The first kappa shape index (κ1) is 9.92. The molecule has 1 aromatic rings. The third-order valence-corrected chi connectivity index (χ3v) is 2.19. The Morgan fingerprint density at radius 3 is 3.07 bits per heavy atom. The lowest BCUT2D eigenvalue weighted by molar-refractivity contribution is -0.0509. The minimum absolute atomic E-state index is 0.178. The number of primary amides is 1. The monoisotopic (exact) mass is 208 g/mol. The second-order valence-corrected chi connectivity index (χ2v) is 3.43. The number of nitrogens with two attached hydrogens (primary N) is 1. The molecule has 2 N–H and O–H groups in total. The van der Waals surface area contributed by atoms with E-state index in [2.05, 4.69) is 4.98 Å². The van der Waals surface area contributed by atoms with Crippen molar-refractivity contribution >= 4 is 5.91 Å². The zero-order valence-electron chi connectivity index (χ0n) is 8.18. The van der Waals surface area contributed by atoms with E-state index in [9.17, 15) is 4.79 Å². The molecule has 0 bridgehead atoms. The standard InChI is InChI=1S/C10H12N2O3/c11-10(13)9-8(2-1-3-12-9)15-6-7-4-14-5-7/h1-3,7H,4-6H2,(H2,11,13). The normalized spacial score (nSPS) is 15.7. The minimum Gasteiger partial charge on any atom is -0.491 e. The van der Waals surface area contributed by atoms with E-state index >= 15 is 0 Å². The van der Waals surface area contributed by atoms with E-state index < -0.39 is 5.91 Å². The summed E-state index contributed by atoms with van der Waals surface area (Å²) in [5, 5.41) is 0. The molecule has 1 fully saturated rings. The number of carbonyl (C=O) groups is 1. The summed E-state index contributed by atoms with van der Waals surface area (Å²) in [6.07, 6.45) is 1.51. The third kappa shape index (κ3) is 2.24. The van der Waals surface area contributed by atoms with Crippen LogP contribution in [0.4, 0.5) is 0 Å². The second-order valence-electron chi connectivity index (χ2n) is 3.43. The fourth-order valence-corrected chi connectivity index (χ4v) is 1.28. The minimum atomic E-state index is -0.574. The Balaban J connectivity index is 2.02. The molecule has 1 aromatic heterocycles. The van der Waals surface area contributed by atoms with Gasteiger partial charge < -0.3 is 15.2 Å². The molecule has 0 saturated carbocycles. The molecule has 0 aliphatic carbocycles. The number of ether oxygens (including phenoxy) is 2. The Kier molecular flexibility index (Phi) is 2.82. The molecule has 0 unspecified atom stereocenters. The lowest BCUT2D eigenvalue weighted by atomic mass is 10.1. The van der Waals surface area contributed by atoms with Crippen LogP contribution in [0.3, 0.4) is 0 Å². The fraction of sp³-hybridized carbons (Fsp3) is 0.400. The quantitative estimate of drug-likeness (QED) is 0.767. The number of pyridine rings is 1. The average molecular weight is 208 g/mol. The summed E-state index contributed by atoms with van der Waals surface area (Å²) < 4.78 is 10.5. The molecule has 15 heavy (non-hydrogen) atoms. The molecule has 2 heterocycles. The van der Waals surface area contributed by atoms with Crippen molar-refractivity contribution < 1.29 is 14.3 Å². The number of carbonyl (C=O) groups excluding carboxylic acids is 1. The number of rotatable bonds is 4. The van der Waals surface area contributed by atoms with Gasteiger partial charge in [0.1, 0.15) is 0 Å². The van der Waals surface area contributed by atoms with Crippen LogP contribution in [-0.2, 0) is 4.74 Å². The van der Waals surface area contributed by atoms with Gasteiger partial charge in [0.2, 0.25) is 0 Å². The van der Waals surface area contributed by atoms with Crippen molar-refractivity contribution in [3.05, 3.63) is 24.0 Å². The van der Waals surface area contributed by atoms with Gasteiger partial charge in [0.25, 0.3) is 5.91 Å². The van der Waals surface area contributed by atoms with E-state index in [1.54, 1.807) is 12.1 Å². The van der Waals surface area contributed by atoms with E-state index in [-0.39, 0.29) is 5.69 Å². The third-order valence-electron chi connectivity index (χ3n) is 2.19. The molecule has 80 valence electrons. The van der Waals surface area contributed by atoms with E-state index in [1.165, 1.54) is 6.20 Å². The fourth-order valence-electron chi connectivity index (χ4n) is 1.28. The summed E-state index contributed by atoms with van der Waals surface area (Å²) in [7, 11) is 0. The first-order valence-corrected chi connectivity index (χ1v) is 4.72. The van der Waals surface area contributed by atoms with Gasteiger partial charge in [-0.3, -0.25) is 4.79 Å². The first-order valence-electron chi connectivity index (χ1n) is 4.72. The highest BCUT2D eigenvalue weighted by Crippen LogP contribution is 2.17. The zero-order valence-corrected chi connectivity index (χ0v) is 8.18. The maximum absolute atomic E-state index is 11.0. The lowest BCUT2D eigenvalue weighted by Crippen LogP contribution is -2.33. The van der Waals surface area contributed by atoms with Crippen LogP contribution in [-0.4, -0.2) is 30.7 Å². The summed E-state index contributed by atoms with van der Waals surface area (Å²) in [4.78, 5) is 14.9. The highest BCUT2D eigenvalue weighted by Gasteiger charge is 2.20. The molecule has 5 heteroatoms. The summed E-state index contributed by atoms with van der Waals surface area (Å²) in [6, 6.07) is 3.39. The van der Waals surface area contributed by atoms with Gasteiger partial charge in [-0.1, -0.05) is 0 Å². The number of hydrogen-bond donors (Lipinski definition) is 1. The predicted octanol–water partition coefficient (Wildman–Crippen LogP) is 0.206. The van der Waals surface area contributed by atoms with E-state index in [1.807, 2.05) is 0 Å². The predicted molar refractivity (Wildman–Crippen MR) is 52.6 cm³/mol. The maximum Gasteiger partial charge on any atom is 0.271 e. The summed E-state index contributed by atoms with van der Waals surface area (Å²) in [5.41, 5.74) is 5.34. The summed E-state index contributed by atoms with van der Waals surface area (Å²) in [5.74, 6) is 0.276. The van der Waals surface area contributed by atoms with E-state index in [0.29, 0.717) is 31.5 Å². The average Bonchev–Trinajstić information content (AvgIpc) is 2.16. The van der Waals surface area contributed by atoms with Crippen LogP contribution in [0.2, 0.25) is 0 Å². The van der Waals surface area contributed by atoms with E-state index in [0.717, 1.165) is 0 Å². The van der Waals surface area contributed by atoms with Crippen molar-refractivity contribution in [1.29, 1.82) is 0 Å². The molecular weight excluding hydrogens is 196 g/mol. The topological polar surface area (TPSA) is 74.4 Å². The molecule has 1 saturated heterocycles. The van der Waals surface area contributed by atoms with Gasteiger partial charge in [0, 0.05) is 12.1 Å². The van der Waals surface area contributed by atoms with Crippen molar-refractivity contribution in [2.45, 2.75) is 0 Å². The van der Waals surface area contributed by atoms with E-state index in [4.69, 9.17) is 15.2 Å². The molecular formula is C10H12N2O3. The zero-order chi connectivity index (χ0) is 10.7. The largest absolute Gasteiger partial charge is 0.491 e. The molecule has 2 rings (SSSR count). The lowest BCUT2D eigenvalue weighted by Gasteiger charge is -2.25. The Hall–Kier alpha value is -1.62. The molecule has 1 aliphatic rings. The summed E-state index contributed by atoms with van der Waals surface area (Å²) >= 11 is 0. The van der Waals surface area contributed by atoms with Gasteiger partial charge in [-0.25, -0.2) is 4.98 Å². The maximum atomic E-state index is 11.0. The Bertz CT molecular complexity index is 363. The van der Waals surface area contributed by atoms with Gasteiger partial charge in [-0.15, -0.1) is 0 Å². The first-order chi connectivity index (χ1) is 7.27. The highest BCUT2D eigenvalue weighted by molar-refractivity contribution is 5.93. The smallest absolute Gasteiger partial charge is 0.271 e. The number of aromatic nitrogens is 1. The second kappa shape index (κ2) is 4.27. The van der Waals surface area contributed by atoms with Crippen LogP contribution < -0.4 is 10.5 Å². The van der Waals surface area contributed by atoms with Gasteiger partial charge in [0.05, 0.1) is 19.8 Å². The van der Waals surface area contributed by atoms with Crippen LogP contribution in [0.1, 0.15) is 10.5 Å². The van der Waals surface area contributed by atoms with Crippen LogP contribution in [0.15, 0.2) is 18.3 Å². The van der Waals surface area contributed by atoms with Crippen LogP contribution >= 0.6 is 0 Å². The SMILES string of the molecule is NC(=O)c1ncccc1OCC1COC1. The Labute approximate surface area is 87.2 Å². The molecule has 0 spiro atoms. The number of hydrogen-bond acceptors (Lipinski definition) is 4. The molecule has 0 radical (unpaired) electrons. The van der Waals surface area contributed by atoms with Crippen LogP contribution in [0.25, 0.3) is 0 Å². The van der Waals surface area contributed by atoms with Crippen LogP contribution in [0.5, 0.6) is 5.75 Å². The van der Waals surface area contributed by atoms with Crippen molar-refractivity contribution in [2.75, 3.05) is 19.8 Å². The molecule has 0 atom stereocenters. The Morgan fingerprint density at radius 1 is 1.67 bits per heavy atom. The number of nitrogens with zero attached hydrogens (tertiary/aromatic N) is 1. The highest BCUT2D eigenvalue weighted by atomic mass is 16.5. The van der Waals surface area contributed by atoms with Gasteiger partial charge in [0.15, 0.2) is 11.4 Å². The van der Waals surface area contributed by atoms with Crippen molar-refractivity contribution in [2.24, 2.45) is 11.7 Å². The number of amides is 1. The van der Waals surface area contributed by atoms with Crippen molar-refractivity contribution in [3.8, 4) is 5.75 Å². The Morgan fingerprint density at radius 2 is 2.47 bits per heavy atom. The van der Waals surface area contributed by atoms with Crippen molar-refractivity contribution in [3.63, 3.8) is 0 Å². The molecule has 1 amide bonds. The molecule has 0 aromatic carbocycles.